The van der Waals surface area contributed by atoms with E-state index in [9.17, 15) is 4.39 Å². The van der Waals surface area contributed by atoms with Crippen LogP contribution in [0.1, 0.15) is 34.6 Å². The van der Waals surface area contributed by atoms with Crippen molar-refractivity contribution in [2.75, 3.05) is 0 Å². The van der Waals surface area contributed by atoms with Crippen LogP contribution in [-0.4, -0.2) is 0 Å². The summed E-state index contributed by atoms with van der Waals surface area (Å²) in [5, 5.41) is 0. The highest BCUT2D eigenvalue weighted by Gasteiger charge is 2.20. The second kappa shape index (κ2) is 5.00. The molecule has 0 saturated carbocycles. The van der Waals surface area contributed by atoms with Crippen molar-refractivity contribution >= 4 is 6.08 Å². The van der Waals surface area contributed by atoms with Gasteiger partial charge in [0.15, 0.2) is 0 Å². The lowest BCUT2D eigenvalue weighted by Crippen LogP contribution is -2.13. The molecule has 0 bridgehead atoms. The number of fused-ring (bicyclic) bond motifs is 1. The quantitative estimate of drug-likeness (QED) is 0.724. The number of benzene rings is 2. The molecule has 1 aliphatic rings. The van der Waals surface area contributed by atoms with Crippen LogP contribution in [0.3, 0.4) is 0 Å². The number of aryl methyl sites for hydroxylation is 1. The van der Waals surface area contributed by atoms with Crippen molar-refractivity contribution in [3.8, 4) is 0 Å². The molecule has 0 nitrogen and oxygen atoms in total. The molecule has 2 aromatic rings. The van der Waals surface area contributed by atoms with Gasteiger partial charge in [0.05, 0.1) is 0 Å². The van der Waals surface area contributed by atoms with Gasteiger partial charge < -0.3 is 0 Å². The summed E-state index contributed by atoms with van der Waals surface area (Å²) in [5.41, 5.74) is 4.97. The van der Waals surface area contributed by atoms with Crippen LogP contribution in [0.15, 0.2) is 49.0 Å². The van der Waals surface area contributed by atoms with E-state index in [-0.39, 0.29) is 5.82 Å². The van der Waals surface area contributed by atoms with Gasteiger partial charge in [0.2, 0.25) is 0 Å². The summed E-state index contributed by atoms with van der Waals surface area (Å²) in [4.78, 5) is 0. The Balaban J connectivity index is 1.86. The molecule has 0 N–H and O–H groups in total. The zero-order valence-electron chi connectivity index (χ0n) is 10.9. The molecule has 0 saturated heterocycles. The molecule has 1 heteroatoms. The Morgan fingerprint density at radius 2 is 1.84 bits per heavy atom. The van der Waals surface area contributed by atoms with E-state index >= 15 is 0 Å². The molecule has 0 amide bonds. The van der Waals surface area contributed by atoms with Gasteiger partial charge in [-0.1, -0.05) is 43.0 Å². The number of hydrogen-bond acceptors (Lipinski definition) is 0. The maximum absolute atomic E-state index is 13.3. The monoisotopic (exact) mass is 252 g/mol. The van der Waals surface area contributed by atoms with Crippen LogP contribution in [0.25, 0.3) is 6.08 Å². The second-order valence-corrected chi connectivity index (χ2v) is 5.22. The van der Waals surface area contributed by atoms with E-state index in [1.54, 1.807) is 12.1 Å². The normalized spacial score (nSPS) is 17.8. The van der Waals surface area contributed by atoms with E-state index in [4.69, 9.17) is 0 Å². The number of hydrogen-bond donors (Lipinski definition) is 0. The third kappa shape index (κ3) is 2.46. The van der Waals surface area contributed by atoms with Crippen molar-refractivity contribution in [2.45, 2.75) is 25.2 Å². The van der Waals surface area contributed by atoms with E-state index in [0.29, 0.717) is 5.92 Å². The summed E-state index contributed by atoms with van der Waals surface area (Å²) in [6, 6.07) is 13.7. The smallest absolute Gasteiger partial charge is 0.123 e. The second-order valence-electron chi connectivity index (χ2n) is 5.22. The van der Waals surface area contributed by atoms with Crippen molar-refractivity contribution in [3.63, 3.8) is 0 Å². The molecular weight excluding hydrogens is 235 g/mol. The SMILES string of the molecule is C=Cc1ccc(C2CCc3ccc(F)cc3C2)cc1. The maximum Gasteiger partial charge on any atom is 0.123 e. The van der Waals surface area contributed by atoms with Crippen LogP contribution in [0, 0.1) is 5.82 Å². The fourth-order valence-corrected chi connectivity index (χ4v) is 2.91. The molecular formula is C18H17F. The lowest BCUT2D eigenvalue weighted by Gasteiger charge is -2.25. The van der Waals surface area contributed by atoms with Crippen LogP contribution in [-0.2, 0) is 12.8 Å². The van der Waals surface area contributed by atoms with E-state index < -0.39 is 0 Å². The Labute approximate surface area is 113 Å². The van der Waals surface area contributed by atoms with E-state index in [1.165, 1.54) is 16.7 Å². The fraction of sp³-hybridized carbons (Fsp3) is 0.222. The molecule has 1 unspecified atom stereocenters. The summed E-state index contributed by atoms with van der Waals surface area (Å²) in [7, 11) is 0. The lowest BCUT2D eigenvalue weighted by molar-refractivity contribution is 0.572. The van der Waals surface area contributed by atoms with E-state index in [1.807, 2.05) is 12.1 Å². The van der Waals surface area contributed by atoms with Gasteiger partial charge in [-0.25, -0.2) is 4.39 Å². The molecule has 2 aromatic carbocycles. The van der Waals surface area contributed by atoms with Crippen molar-refractivity contribution in [1.29, 1.82) is 0 Å². The van der Waals surface area contributed by atoms with Gasteiger partial charge in [0.25, 0.3) is 0 Å². The van der Waals surface area contributed by atoms with Crippen LogP contribution >= 0.6 is 0 Å². The highest BCUT2D eigenvalue weighted by Crippen LogP contribution is 2.33. The molecule has 1 aliphatic carbocycles. The first-order valence-corrected chi connectivity index (χ1v) is 6.76. The first kappa shape index (κ1) is 12.2. The Bertz CT molecular complexity index is 596. The lowest BCUT2D eigenvalue weighted by atomic mass is 9.80. The van der Waals surface area contributed by atoms with E-state index in [0.717, 1.165) is 24.8 Å². The topological polar surface area (TPSA) is 0 Å². The van der Waals surface area contributed by atoms with Gasteiger partial charge in [-0.15, -0.1) is 0 Å². The summed E-state index contributed by atoms with van der Waals surface area (Å²) in [6.07, 6.45) is 4.99. The van der Waals surface area contributed by atoms with E-state index in [2.05, 4.69) is 30.8 Å². The summed E-state index contributed by atoms with van der Waals surface area (Å²) in [6.45, 7) is 3.77. The fourth-order valence-electron chi connectivity index (χ4n) is 2.91. The third-order valence-corrected chi connectivity index (χ3v) is 4.04. The van der Waals surface area contributed by atoms with Gasteiger partial charge in [0.1, 0.15) is 5.82 Å². The van der Waals surface area contributed by atoms with Crippen LogP contribution in [0.2, 0.25) is 0 Å². The highest BCUT2D eigenvalue weighted by atomic mass is 19.1. The Morgan fingerprint density at radius 1 is 1.05 bits per heavy atom. The minimum Gasteiger partial charge on any atom is -0.207 e. The van der Waals surface area contributed by atoms with Gasteiger partial charge >= 0.3 is 0 Å². The summed E-state index contributed by atoms with van der Waals surface area (Å²) in [5.74, 6) is 0.384. The first-order valence-electron chi connectivity index (χ1n) is 6.76. The number of halogens is 1. The molecule has 1 atom stereocenters. The number of rotatable bonds is 2. The molecule has 96 valence electrons. The molecule has 0 radical (unpaired) electrons. The van der Waals surface area contributed by atoms with Gasteiger partial charge in [-0.05, 0) is 59.6 Å². The average molecular weight is 252 g/mol. The molecule has 19 heavy (non-hydrogen) atoms. The average Bonchev–Trinajstić information content (AvgIpc) is 2.46. The minimum atomic E-state index is -0.124. The van der Waals surface area contributed by atoms with Gasteiger partial charge in [0, 0.05) is 0 Å². The molecule has 0 aliphatic heterocycles. The molecule has 0 spiro atoms. The predicted molar refractivity (Wildman–Crippen MR) is 77.7 cm³/mol. The van der Waals surface area contributed by atoms with Crippen molar-refractivity contribution in [1.82, 2.24) is 0 Å². The molecule has 0 fully saturated rings. The van der Waals surface area contributed by atoms with Crippen molar-refractivity contribution in [2.24, 2.45) is 0 Å². The highest BCUT2D eigenvalue weighted by molar-refractivity contribution is 5.48. The van der Waals surface area contributed by atoms with Gasteiger partial charge in [-0.3, -0.25) is 0 Å². The zero-order valence-corrected chi connectivity index (χ0v) is 10.9. The maximum atomic E-state index is 13.3. The zero-order chi connectivity index (χ0) is 13.2. The van der Waals surface area contributed by atoms with Crippen molar-refractivity contribution < 1.29 is 4.39 Å². The third-order valence-electron chi connectivity index (χ3n) is 4.04. The van der Waals surface area contributed by atoms with Crippen LogP contribution in [0.4, 0.5) is 4.39 Å². The Kier molecular flexibility index (Phi) is 3.20. The van der Waals surface area contributed by atoms with Crippen molar-refractivity contribution in [3.05, 3.63) is 77.1 Å². The molecule has 3 rings (SSSR count). The van der Waals surface area contributed by atoms with Gasteiger partial charge in [-0.2, -0.15) is 0 Å². The van der Waals surface area contributed by atoms with Crippen LogP contribution < -0.4 is 0 Å². The predicted octanol–water partition coefficient (Wildman–Crippen LogP) is 4.74. The summed E-state index contributed by atoms with van der Waals surface area (Å²) >= 11 is 0. The Morgan fingerprint density at radius 3 is 2.58 bits per heavy atom. The molecule has 0 aromatic heterocycles. The minimum absolute atomic E-state index is 0.124. The molecule has 0 heterocycles. The largest absolute Gasteiger partial charge is 0.207 e. The first-order chi connectivity index (χ1) is 9.26. The summed E-state index contributed by atoms with van der Waals surface area (Å²) < 4.78 is 13.3. The standard InChI is InChI=1S/C18H17F/c1-2-13-3-5-14(6-4-13)16-8-7-15-9-10-18(19)12-17(15)11-16/h2-6,9-10,12,16H,1,7-8,11H2. The Hall–Kier alpha value is -1.89. The van der Waals surface area contributed by atoms with Crippen LogP contribution in [0.5, 0.6) is 0 Å².